The fourth-order valence-corrected chi connectivity index (χ4v) is 3.52. The Morgan fingerprint density at radius 3 is 2.46 bits per heavy atom. The molecule has 4 heteroatoms. The Hall–Kier alpha value is -2.36. The molecule has 0 spiro atoms. The number of nitrogens with zero attached hydrogens (tertiary/aromatic N) is 3. The maximum absolute atomic E-state index is 4.87. The van der Waals surface area contributed by atoms with Crippen molar-refractivity contribution >= 4 is 0 Å². The summed E-state index contributed by atoms with van der Waals surface area (Å²) in [6.45, 7) is 7.47. The van der Waals surface area contributed by atoms with Crippen LogP contribution in [0.15, 0.2) is 42.7 Å². The van der Waals surface area contributed by atoms with Crippen LogP contribution in [0, 0.1) is 0 Å². The van der Waals surface area contributed by atoms with Crippen LogP contribution in [0.2, 0.25) is 0 Å². The lowest BCUT2D eigenvalue weighted by atomic mass is 9.88. The second-order valence-electron chi connectivity index (χ2n) is 6.05. The Morgan fingerprint density at radius 2 is 1.88 bits per heavy atom. The fourth-order valence-electron chi connectivity index (χ4n) is 3.52. The maximum atomic E-state index is 4.87. The second kappa shape index (κ2) is 7.47. The molecular formula is C20H26N4. The smallest absolute Gasteiger partial charge is 0.114 e. The molecule has 0 aliphatic carbocycles. The first-order valence-electron chi connectivity index (χ1n) is 8.90. The van der Waals surface area contributed by atoms with Crippen LogP contribution in [0.25, 0.3) is 0 Å². The molecule has 2 heterocycles. The van der Waals surface area contributed by atoms with Gasteiger partial charge >= 0.3 is 0 Å². The van der Waals surface area contributed by atoms with E-state index in [4.69, 9.17) is 5.10 Å². The van der Waals surface area contributed by atoms with E-state index < -0.39 is 0 Å². The Kier molecular flexibility index (Phi) is 5.14. The molecule has 3 aromatic rings. The summed E-state index contributed by atoms with van der Waals surface area (Å²) in [4.78, 5) is 7.92. The third kappa shape index (κ3) is 3.14. The van der Waals surface area contributed by atoms with E-state index in [1.165, 1.54) is 22.5 Å². The van der Waals surface area contributed by atoms with Gasteiger partial charge in [0.05, 0.1) is 5.69 Å². The topological polar surface area (TPSA) is 46.5 Å². The molecule has 0 saturated heterocycles. The first-order valence-corrected chi connectivity index (χ1v) is 8.90. The maximum Gasteiger partial charge on any atom is 0.114 e. The molecule has 126 valence electrons. The highest BCUT2D eigenvalue weighted by molar-refractivity contribution is 5.37. The van der Waals surface area contributed by atoms with E-state index in [1.54, 1.807) is 0 Å². The molecule has 24 heavy (non-hydrogen) atoms. The quantitative estimate of drug-likeness (QED) is 0.711. The Labute approximate surface area is 144 Å². The van der Waals surface area contributed by atoms with Crippen molar-refractivity contribution < 1.29 is 0 Å². The molecule has 2 aromatic heterocycles. The largest absolute Gasteiger partial charge is 0.348 e. The fraction of sp³-hybridized carbons (Fsp3) is 0.400. The van der Waals surface area contributed by atoms with Gasteiger partial charge in [0.25, 0.3) is 0 Å². The molecule has 1 N–H and O–H groups in total. The highest BCUT2D eigenvalue weighted by Gasteiger charge is 2.26. The summed E-state index contributed by atoms with van der Waals surface area (Å²) in [5, 5.41) is 4.87. The van der Waals surface area contributed by atoms with E-state index in [-0.39, 0.29) is 5.92 Å². The van der Waals surface area contributed by atoms with Crippen molar-refractivity contribution in [3.63, 3.8) is 0 Å². The lowest BCUT2D eigenvalue weighted by molar-refractivity contribution is 0.614. The second-order valence-corrected chi connectivity index (χ2v) is 6.05. The van der Waals surface area contributed by atoms with E-state index in [2.05, 4.69) is 65.8 Å². The lowest BCUT2D eigenvalue weighted by Crippen LogP contribution is -2.12. The molecule has 0 aliphatic heterocycles. The number of rotatable bonds is 7. The SMILES string of the molecule is CCc1nn(CC)c(CC)c1C(Cc1ccccc1)c1ncc[nH]1. The lowest BCUT2D eigenvalue weighted by Gasteiger charge is -2.17. The summed E-state index contributed by atoms with van der Waals surface area (Å²) in [5.41, 5.74) is 5.23. The van der Waals surface area contributed by atoms with Gasteiger partial charge in [0.2, 0.25) is 0 Å². The average molecular weight is 322 g/mol. The summed E-state index contributed by atoms with van der Waals surface area (Å²) in [6.07, 6.45) is 6.62. The van der Waals surface area contributed by atoms with E-state index in [0.29, 0.717) is 0 Å². The number of hydrogen-bond acceptors (Lipinski definition) is 2. The van der Waals surface area contributed by atoms with Crippen LogP contribution < -0.4 is 0 Å². The molecular weight excluding hydrogens is 296 g/mol. The predicted octanol–water partition coefficient (Wildman–Crippen LogP) is 4.13. The molecule has 0 aliphatic rings. The molecule has 1 aromatic carbocycles. The van der Waals surface area contributed by atoms with Crippen LogP contribution >= 0.6 is 0 Å². The van der Waals surface area contributed by atoms with Gasteiger partial charge in [-0.05, 0) is 31.7 Å². The van der Waals surface area contributed by atoms with Crippen molar-refractivity contribution in [2.45, 2.75) is 52.5 Å². The van der Waals surface area contributed by atoms with E-state index in [0.717, 1.165) is 31.6 Å². The Morgan fingerprint density at radius 1 is 1.08 bits per heavy atom. The van der Waals surface area contributed by atoms with Crippen LogP contribution in [-0.4, -0.2) is 19.7 Å². The zero-order chi connectivity index (χ0) is 16.9. The number of H-pyrrole nitrogens is 1. The van der Waals surface area contributed by atoms with Crippen molar-refractivity contribution in [2.75, 3.05) is 0 Å². The molecule has 0 amide bonds. The summed E-state index contributed by atoms with van der Waals surface area (Å²) >= 11 is 0. The summed E-state index contributed by atoms with van der Waals surface area (Å²) < 4.78 is 2.16. The van der Waals surface area contributed by atoms with E-state index >= 15 is 0 Å². The molecule has 0 fully saturated rings. The minimum atomic E-state index is 0.215. The molecule has 0 saturated carbocycles. The third-order valence-corrected chi connectivity index (χ3v) is 4.62. The molecule has 0 radical (unpaired) electrons. The summed E-state index contributed by atoms with van der Waals surface area (Å²) in [5.74, 6) is 1.24. The van der Waals surface area contributed by atoms with Crippen molar-refractivity contribution in [1.29, 1.82) is 0 Å². The highest BCUT2D eigenvalue weighted by atomic mass is 15.3. The number of imidazole rings is 1. The van der Waals surface area contributed by atoms with Gasteiger partial charge in [-0.3, -0.25) is 4.68 Å². The van der Waals surface area contributed by atoms with Gasteiger partial charge in [-0.2, -0.15) is 5.10 Å². The van der Waals surface area contributed by atoms with Crippen LogP contribution in [0.3, 0.4) is 0 Å². The Bertz CT molecular complexity index is 757. The van der Waals surface area contributed by atoms with E-state index in [9.17, 15) is 0 Å². The number of hydrogen-bond donors (Lipinski definition) is 1. The molecule has 1 atom stereocenters. The molecule has 4 nitrogen and oxygen atoms in total. The minimum absolute atomic E-state index is 0.215. The predicted molar refractivity (Wildman–Crippen MR) is 97.2 cm³/mol. The van der Waals surface area contributed by atoms with Crippen molar-refractivity contribution in [1.82, 2.24) is 19.7 Å². The van der Waals surface area contributed by atoms with Crippen molar-refractivity contribution in [2.24, 2.45) is 0 Å². The first kappa shape index (κ1) is 16.5. The van der Waals surface area contributed by atoms with Crippen LogP contribution in [0.1, 0.15) is 55.0 Å². The summed E-state index contributed by atoms with van der Waals surface area (Å²) in [6, 6.07) is 10.7. The minimum Gasteiger partial charge on any atom is -0.348 e. The third-order valence-electron chi connectivity index (χ3n) is 4.62. The number of aryl methyl sites for hydroxylation is 2. The molecule has 0 bridgehead atoms. The standard InChI is InChI=1S/C20H26N4/c1-4-17-19(18(5-2)24(6-3)23-17)16(20-21-12-13-22-20)14-15-10-8-7-9-11-15/h7-13,16H,4-6,14H2,1-3H3,(H,21,22). The van der Waals surface area contributed by atoms with Crippen LogP contribution in [0.4, 0.5) is 0 Å². The van der Waals surface area contributed by atoms with Gasteiger partial charge in [-0.25, -0.2) is 4.98 Å². The van der Waals surface area contributed by atoms with E-state index in [1.807, 2.05) is 12.4 Å². The van der Waals surface area contributed by atoms with Gasteiger partial charge in [-0.1, -0.05) is 44.2 Å². The number of aromatic nitrogens is 4. The zero-order valence-corrected chi connectivity index (χ0v) is 14.8. The molecule has 3 rings (SSSR count). The van der Waals surface area contributed by atoms with Gasteiger partial charge in [0.1, 0.15) is 5.82 Å². The van der Waals surface area contributed by atoms with Crippen molar-refractivity contribution in [3.8, 4) is 0 Å². The molecule has 1 unspecified atom stereocenters. The van der Waals surface area contributed by atoms with Gasteiger partial charge in [0, 0.05) is 36.1 Å². The van der Waals surface area contributed by atoms with Crippen molar-refractivity contribution in [3.05, 3.63) is 71.1 Å². The van der Waals surface area contributed by atoms with Gasteiger partial charge < -0.3 is 4.98 Å². The van der Waals surface area contributed by atoms with Crippen LogP contribution in [-0.2, 0) is 25.8 Å². The number of aromatic amines is 1. The average Bonchev–Trinajstić information content (AvgIpc) is 3.27. The van der Waals surface area contributed by atoms with Gasteiger partial charge in [0.15, 0.2) is 0 Å². The number of benzene rings is 1. The first-order chi connectivity index (χ1) is 11.8. The zero-order valence-electron chi connectivity index (χ0n) is 14.8. The highest BCUT2D eigenvalue weighted by Crippen LogP contribution is 2.32. The Balaban J connectivity index is 2.11. The van der Waals surface area contributed by atoms with Gasteiger partial charge in [-0.15, -0.1) is 0 Å². The van der Waals surface area contributed by atoms with Crippen LogP contribution in [0.5, 0.6) is 0 Å². The normalized spacial score (nSPS) is 12.5. The summed E-state index contributed by atoms with van der Waals surface area (Å²) in [7, 11) is 0. The number of nitrogens with one attached hydrogen (secondary N) is 1. The monoisotopic (exact) mass is 322 g/mol.